The maximum atomic E-state index is 11.4. The number of rotatable bonds is 2. The van der Waals surface area contributed by atoms with E-state index < -0.39 is 6.09 Å². The molecule has 2 aromatic rings. The summed E-state index contributed by atoms with van der Waals surface area (Å²) in [5.74, 6) is 0.469. The van der Waals surface area contributed by atoms with Gasteiger partial charge in [0.05, 0.1) is 19.2 Å². The first kappa shape index (κ1) is 14.4. The first-order valence-corrected chi connectivity index (χ1v) is 7.40. The maximum Gasteiger partial charge on any atom is 0.413 e. The Morgan fingerprint density at radius 3 is 2.82 bits per heavy atom. The second-order valence-corrected chi connectivity index (χ2v) is 5.26. The molecule has 1 aliphatic heterocycles. The number of hydrogen-bond acceptors (Lipinski definition) is 4. The second-order valence-electron chi connectivity index (χ2n) is 5.26. The van der Waals surface area contributed by atoms with E-state index in [-0.39, 0.29) is 12.1 Å². The molecule has 1 heterocycles. The molecular formula is C17H19N3O2. The molecule has 114 valence electrons. The lowest BCUT2D eigenvalue weighted by Gasteiger charge is -2.19. The van der Waals surface area contributed by atoms with Crippen LogP contribution in [0.3, 0.4) is 0 Å². The first-order chi connectivity index (χ1) is 10.7. The zero-order valence-corrected chi connectivity index (χ0v) is 12.7. The Hall–Kier alpha value is -2.56. The fourth-order valence-corrected chi connectivity index (χ4v) is 2.87. The minimum Gasteiger partial charge on any atom is -0.453 e. The lowest BCUT2D eigenvalue weighted by atomic mass is 9.94. The lowest BCUT2D eigenvalue weighted by Crippen LogP contribution is -2.39. The molecule has 1 aliphatic rings. The van der Waals surface area contributed by atoms with Gasteiger partial charge in [0.1, 0.15) is 0 Å². The zero-order valence-electron chi connectivity index (χ0n) is 12.7. The number of guanidine groups is 1. The van der Waals surface area contributed by atoms with Crippen molar-refractivity contribution < 1.29 is 9.53 Å². The van der Waals surface area contributed by atoms with Crippen molar-refractivity contribution in [3.05, 3.63) is 48.0 Å². The maximum absolute atomic E-state index is 11.4. The Kier molecular flexibility index (Phi) is 3.96. The molecule has 0 aromatic heterocycles. The predicted octanol–water partition coefficient (Wildman–Crippen LogP) is 2.97. The van der Waals surface area contributed by atoms with E-state index in [4.69, 9.17) is 0 Å². The van der Waals surface area contributed by atoms with Crippen LogP contribution in [0.4, 0.5) is 4.79 Å². The van der Waals surface area contributed by atoms with Gasteiger partial charge in [0, 0.05) is 0 Å². The minimum atomic E-state index is -0.514. The summed E-state index contributed by atoms with van der Waals surface area (Å²) in [4.78, 5) is 15.9. The van der Waals surface area contributed by atoms with Gasteiger partial charge in [-0.3, -0.25) is 5.32 Å². The molecule has 2 unspecified atom stereocenters. The summed E-state index contributed by atoms with van der Waals surface area (Å²) >= 11 is 0. The molecule has 0 spiro atoms. The molecule has 0 radical (unpaired) electrons. The number of carbonyl (C=O) groups excluding carboxylic acids is 1. The Bertz CT molecular complexity index is 721. The average molecular weight is 297 g/mol. The molecule has 0 bridgehead atoms. The van der Waals surface area contributed by atoms with Crippen molar-refractivity contribution in [2.45, 2.75) is 25.4 Å². The number of carbonyl (C=O) groups is 1. The highest BCUT2D eigenvalue weighted by atomic mass is 16.5. The van der Waals surface area contributed by atoms with E-state index in [0.29, 0.717) is 5.96 Å². The van der Waals surface area contributed by atoms with Gasteiger partial charge in [-0.1, -0.05) is 49.4 Å². The smallest absolute Gasteiger partial charge is 0.413 e. The van der Waals surface area contributed by atoms with E-state index in [1.807, 2.05) is 12.1 Å². The molecule has 22 heavy (non-hydrogen) atoms. The molecule has 2 N–H and O–H groups in total. The Morgan fingerprint density at radius 2 is 2.05 bits per heavy atom. The van der Waals surface area contributed by atoms with Crippen LogP contribution >= 0.6 is 0 Å². The molecule has 5 nitrogen and oxygen atoms in total. The van der Waals surface area contributed by atoms with Gasteiger partial charge in [0.15, 0.2) is 0 Å². The van der Waals surface area contributed by atoms with Crippen LogP contribution in [0.5, 0.6) is 0 Å². The van der Waals surface area contributed by atoms with E-state index in [0.717, 1.165) is 6.42 Å². The van der Waals surface area contributed by atoms with Gasteiger partial charge >= 0.3 is 6.09 Å². The third-order valence-electron chi connectivity index (χ3n) is 3.95. The van der Waals surface area contributed by atoms with Gasteiger partial charge in [-0.05, 0) is 22.8 Å². The summed E-state index contributed by atoms with van der Waals surface area (Å²) in [6, 6.07) is 14.7. The van der Waals surface area contributed by atoms with Crippen molar-refractivity contribution in [1.29, 1.82) is 0 Å². The summed E-state index contributed by atoms with van der Waals surface area (Å²) in [6.45, 7) is 2.09. The molecule has 2 aromatic carbocycles. The monoisotopic (exact) mass is 297 g/mol. The van der Waals surface area contributed by atoms with Gasteiger partial charge in [-0.2, -0.15) is 0 Å². The molecule has 0 saturated heterocycles. The quantitative estimate of drug-likeness (QED) is 0.895. The fourth-order valence-electron chi connectivity index (χ4n) is 2.87. The van der Waals surface area contributed by atoms with Crippen molar-refractivity contribution in [2.24, 2.45) is 4.99 Å². The summed E-state index contributed by atoms with van der Waals surface area (Å²) in [6.07, 6.45) is 0.368. The standard InChI is InChI=1S/C17H19N3O2/c1-3-14-15(19-16(18-14)20-17(21)22-2)13-10-6-8-11-7-4-5-9-12(11)13/h4-10,14-15H,3H2,1-2H3,(H2,18,19,20,21). The Morgan fingerprint density at radius 1 is 1.27 bits per heavy atom. The van der Waals surface area contributed by atoms with Crippen molar-refractivity contribution in [3.63, 3.8) is 0 Å². The molecular weight excluding hydrogens is 278 g/mol. The normalized spacial score (nSPS) is 20.4. The number of nitrogens with one attached hydrogen (secondary N) is 2. The highest BCUT2D eigenvalue weighted by molar-refractivity contribution is 5.96. The van der Waals surface area contributed by atoms with Gasteiger partial charge in [0.2, 0.25) is 5.96 Å². The number of methoxy groups -OCH3 is 1. The van der Waals surface area contributed by atoms with E-state index in [1.165, 1.54) is 23.4 Å². The summed E-state index contributed by atoms with van der Waals surface area (Å²) < 4.78 is 4.62. The van der Waals surface area contributed by atoms with Gasteiger partial charge in [-0.15, -0.1) is 0 Å². The lowest BCUT2D eigenvalue weighted by molar-refractivity contribution is 0.176. The van der Waals surface area contributed by atoms with Crippen LogP contribution < -0.4 is 10.6 Å². The molecule has 2 atom stereocenters. The number of nitrogens with zero attached hydrogens (tertiary/aromatic N) is 1. The Labute approximate surface area is 129 Å². The fraction of sp³-hybridized carbons (Fsp3) is 0.294. The number of benzene rings is 2. The van der Waals surface area contributed by atoms with Crippen LogP contribution in [0.15, 0.2) is 47.5 Å². The van der Waals surface area contributed by atoms with E-state index in [1.54, 1.807) is 0 Å². The number of ether oxygens (including phenoxy) is 1. The van der Waals surface area contributed by atoms with Crippen molar-refractivity contribution in [2.75, 3.05) is 7.11 Å². The van der Waals surface area contributed by atoms with Gasteiger partial charge < -0.3 is 10.1 Å². The average Bonchev–Trinajstić information content (AvgIpc) is 2.96. The SMILES string of the molecule is CCC1N=C(NC(=O)OC)NC1c1cccc2ccccc12. The highest BCUT2D eigenvalue weighted by Crippen LogP contribution is 2.31. The third-order valence-corrected chi connectivity index (χ3v) is 3.95. The van der Waals surface area contributed by atoms with E-state index in [2.05, 4.69) is 57.6 Å². The largest absolute Gasteiger partial charge is 0.453 e. The number of aliphatic imine (C=N–C) groups is 1. The number of hydrogen-bond donors (Lipinski definition) is 2. The minimum absolute atomic E-state index is 0.0447. The molecule has 5 heteroatoms. The number of amides is 1. The van der Waals surface area contributed by atoms with Crippen LogP contribution in [-0.2, 0) is 4.74 Å². The van der Waals surface area contributed by atoms with Crippen LogP contribution in [0.2, 0.25) is 0 Å². The van der Waals surface area contributed by atoms with E-state index >= 15 is 0 Å². The third kappa shape index (κ3) is 2.62. The van der Waals surface area contributed by atoms with Gasteiger partial charge in [-0.25, -0.2) is 9.79 Å². The van der Waals surface area contributed by atoms with Gasteiger partial charge in [0.25, 0.3) is 0 Å². The van der Waals surface area contributed by atoms with Crippen molar-refractivity contribution in [3.8, 4) is 0 Å². The van der Waals surface area contributed by atoms with Crippen molar-refractivity contribution >= 4 is 22.8 Å². The molecule has 1 amide bonds. The molecule has 0 aliphatic carbocycles. The topological polar surface area (TPSA) is 62.7 Å². The van der Waals surface area contributed by atoms with Crippen LogP contribution in [0.1, 0.15) is 24.9 Å². The van der Waals surface area contributed by atoms with Crippen molar-refractivity contribution in [1.82, 2.24) is 10.6 Å². The molecule has 3 rings (SSSR count). The van der Waals surface area contributed by atoms with Crippen LogP contribution in [-0.4, -0.2) is 25.2 Å². The second kappa shape index (κ2) is 6.05. The predicted molar refractivity (Wildman–Crippen MR) is 86.9 cm³/mol. The van der Waals surface area contributed by atoms with Crippen LogP contribution in [0.25, 0.3) is 10.8 Å². The Balaban J connectivity index is 1.92. The summed E-state index contributed by atoms with van der Waals surface area (Å²) in [5.41, 5.74) is 1.19. The highest BCUT2D eigenvalue weighted by Gasteiger charge is 2.30. The number of alkyl carbamates (subject to hydrolysis) is 1. The summed E-state index contributed by atoms with van der Waals surface area (Å²) in [5, 5.41) is 8.33. The van der Waals surface area contributed by atoms with E-state index in [9.17, 15) is 4.79 Å². The zero-order chi connectivity index (χ0) is 15.5. The summed E-state index contributed by atoms with van der Waals surface area (Å²) in [7, 11) is 1.34. The first-order valence-electron chi connectivity index (χ1n) is 7.40. The van der Waals surface area contributed by atoms with Crippen LogP contribution in [0, 0.1) is 0 Å². The molecule has 0 fully saturated rings. The number of fused-ring (bicyclic) bond motifs is 1. The molecule has 0 saturated carbocycles.